The predicted molar refractivity (Wildman–Crippen MR) is 94.2 cm³/mol. The number of esters is 1. The third-order valence-corrected chi connectivity index (χ3v) is 4.58. The summed E-state index contributed by atoms with van der Waals surface area (Å²) in [5.74, 6) is -0.847. The molecule has 0 radical (unpaired) electrons. The first-order valence-electron chi connectivity index (χ1n) is 7.48. The fourth-order valence-electron chi connectivity index (χ4n) is 2.33. The van der Waals surface area contributed by atoms with Gasteiger partial charge in [-0.05, 0) is 19.4 Å². The Bertz CT molecular complexity index is 755. The van der Waals surface area contributed by atoms with Gasteiger partial charge in [0.25, 0.3) is 0 Å². The highest BCUT2D eigenvalue weighted by Gasteiger charge is 2.29. The number of nitrogens with one attached hydrogen (secondary N) is 1. The molecule has 0 spiro atoms. The van der Waals surface area contributed by atoms with E-state index in [2.05, 4.69) is 10.5 Å². The van der Waals surface area contributed by atoms with Gasteiger partial charge in [-0.3, -0.25) is 4.79 Å². The summed E-state index contributed by atoms with van der Waals surface area (Å²) in [7, 11) is 0. The van der Waals surface area contributed by atoms with Gasteiger partial charge in [0.2, 0.25) is 5.91 Å². The molecule has 0 bridgehead atoms. The number of rotatable bonds is 6. The van der Waals surface area contributed by atoms with Crippen LogP contribution in [0.1, 0.15) is 42.0 Å². The standard InChI is InChI=1S/C17H18N2O4S/c1-4-23-17(21)14-13(12-8-6-5-7-9-12)15(10(2)19-22)24-16(14)18-11(3)20/h5-10H,4H2,1-3H3,(H,18,20). The Hall–Kier alpha value is -2.54. The first-order valence-corrected chi connectivity index (χ1v) is 8.30. The van der Waals surface area contributed by atoms with E-state index in [4.69, 9.17) is 4.74 Å². The first-order chi connectivity index (χ1) is 11.5. The number of benzene rings is 1. The van der Waals surface area contributed by atoms with Crippen molar-refractivity contribution in [3.63, 3.8) is 0 Å². The number of carbonyl (C=O) groups excluding carboxylic acids is 2. The lowest BCUT2D eigenvalue weighted by atomic mass is 9.99. The van der Waals surface area contributed by atoms with E-state index < -0.39 is 12.0 Å². The second kappa shape index (κ2) is 7.83. The minimum absolute atomic E-state index is 0.208. The minimum Gasteiger partial charge on any atom is -0.462 e. The van der Waals surface area contributed by atoms with E-state index >= 15 is 0 Å². The second-order valence-electron chi connectivity index (χ2n) is 5.09. The summed E-state index contributed by atoms with van der Waals surface area (Å²) in [6, 6.07) is 8.55. The number of ether oxygens (including phenoxy) is 1. The van der Waals surface area contributed by atoms with Crippen LogP contribution in [-0.2, 0) is 9.53 Å². The van der Waals surface area contributed by atoms with Crippen LogP contribution in [-0.4, -0.2) is 18.5 Å². The highest BCUT2D eigenvalue weighted by atomic mass is 32.1. The van der Waals surface area contributed by atoms with Crippen molar-refractivity contribution in [1.29, 1.82) is 0 Å². The van der Waals surface area contributed by atoms with Gasteiger partial charge in [0, 0.05) is 17.4 Å². The van der Waals surface area contributed by atoms with Crippen LogP contribution in [0, 0.1) is 4.91 Å². The Labute approximate surface area is 143 Å². The quantitative estimate of drug-likeness (QED) is 0.621. The van der Waals surface area contributed by atoms with E-state index in [1.54, 1.807) is 13.8 Å². The van der Waals surface area contributed by atoms with E-state index in [9.17, 15) is 14.5 Å². The molecule has 0 aliphatic heterocycles. The van der Waals surface area contributed by atoms with Crippen molar-refractivity contribution in [3.05, 3.63) is 45.7 Å². The number of nitroso groups, excluding NO2 is 1. The molecule has 0 fully saturated rings. The van der Waals surface area contributed by atoms with Crippen molar-refractivity contribution in [2.75, 3.05) is 11.9 Å². The fraction of sp³-hybridized carbons (Fsp3) is 0.294. The third-order valence-electron chi connectivity index (χ3n) is 3.30. The molecule has 6 nitrogen and oxygen atoms in total. The average molecular weight is 346 g/mol. The number of carbonyl (C=O) groups is 2. The van der Waals surface area contributed by atoms with Gasteiger partial charge in [0.15, 0.2) is 0 Å². The van der Waals surface area contributed by atoms with Crippen molar-refractivity contribution in [3.8, 4) is 11.1 Å². The summed E-state index contributed by atoms with van der Waals surface area (Å²) in [4.78, 5) is 35.7. The maximum absolute atomic E-state index is 12.5. The molecule has 1 heterocycles. The maximum Gasteiger partial charge on any atom is 0.341 e. The summed E-state index contributed by atoms with van der Waals surface area (Å²) in [5, 5.41) is 6.10. The number of amides is 1. The summed E-state index contributed by atoms with van der Waals surface area (Å²) in [6.07, 6.45) is 0. The van der Waals surface area contributed by atoms with Gasteiger partial charge in [-0.1, -0.05) is 35.5 Å². The van der Waals surface area contributed by atoms with Gasteiger partial charge < -0.3 is 10.1 Å². The number of nitrogens with zero attached hydrogens (tertiary/aromatic N) is 1. The molecule has 1 unspecified atom stereocenters. The van der Waals surface area contributed by atoms with Gasteiger partial charge in [-0.15, -0.1) is 11.3 Å². The van der Waals surface area contributed by atoms with Gasteiger partial charge in [0.1, 0.15) is 16.6 Å². The van der Waals surface area contributed by atoms with Crippen molar-refractivity contribution < 1.29 is 14.3 Å². The van der Waals surface area contributed by atoms with Crippen LogP contribution in [0.15, 0.2) is 35.5 Å². The predicted octanol–water partition coefficient (Wildman–Crippen LogP) is 4.38. The van der Waals surface area contributed by atoms with E-state index in [0.29, 0.717) is 15.4 Å². The molecule has 2 aromatic rings. The SMILES string of the molecule is CCOC(=O)c1c(NC(C)=O)sc(C(C)N=O)c1-c1ccccc1. The van der Waals surface area contributed by atoms with Crippen molar-refractivity contribution in [1.82, 2.24) is 0 Å². The van der Waals surface area contributed by atoms with Gasteiger partial charge in [0.05, 0.1) is 6.61 Å². The fourth-order valence-corrected chi connectivity index (χ4v) is 3.57. The zero-order valence-electron chi connectivity index (χ0n) is 13.7. The molecule has 1 atom stereocenters. The Balaban J connectivity index is 2.74. The topological polar surface area (TPSA) is 84.8 Å². The largest absolute Gasteiger partial charge is 0.462 e. The summed E-state index contributed by atoms with van der Waals surface area (Å²) in [6.45, 7) is 4.93. The van der Waals surface area contributed by atoms with Crippen LogP contribution in [0.4, 0.5) is 5.00 Å². The van der Waals surface area contributed by atoms with E-state index in [0.717, 1.165) is 5.56 Å². The lowest BCUT2D eigenvalue weighted by Crippen LogP contribution is -2.11. The lowest BCUT2D eigenvalue weighted by Gasteiger charge is -2.09. The average Bonchev–Trinajstić information content (AvgIpc) is 2.93. The van der Waals surface area contributed by atoms with Crippen LogP contribution >= 0.6 is 11.3 Å². The monoisotopic (exact) mass is 346 g/mol. The van der Waals surface area contributed by atoms with E-state index in [1.807, 2.05) is 30.3 Å². The van der Waals surface area contributed by atoms with E-state index in [-0.39, 0.29) is 18.1 Å². The number of thiophene rings is 1. The molecule has 1 aromatic carbocycles. The molecule has 0 saturated heterocycles. The van der Waals surface area contributed by atoms with Gasteiger partial charge in [-0.25, -0.2) is 4.79 Å². The van der Waals surface area contributed by atoms with Crippen molar-refractivity contribution in [2.45, 2.75) is 26.8 Å². The van der Waals surface area contributed by atoms with Crippen LogP contribution in [0.2, 0.25) is 0 Å². The highest BCUT2D eigenvalue weighted by Crippen LogP contribution is 2.44. The Morgan fingerprint density at radius 3 is 2.50 bits per heavy atom. The zero-order valence-corrected chi connectivity index (χ0v) is 14.5. The molecule has 24 heavy (non-hydrogen) atoms. The Morgan fingerprint density at radius 2 is 1.96 bits per heavy atom. The van der Waals surface area contributed by atoms with E-state index in [1.165, 1.54) is 18.3 Å². The normalized spacial score (nSPS) is 11.6. The molecule has 0 aliphatic carbocycles. The molecule has 1 N–H and O–H groups in total. The number of hydrogen-bond acceptors (Lipinski definition) is 6. The summed E-state index contributed by atoms with van der Waals surface area (Å²) < 4.78 is 5.15. The molecule has 2 rings (SSSR count). The molecule has 0 saturated carbocycles. The number of hydrogen-bond donors (Lipinski definition) is 1. The highest BCUT2D eigenvalue weighted by molar-refractivity contribution is 7.17. The van der Waals surface area contributed by atoms with Crippen molar-refractivity contribution in [2.24, 2.45) is 5.18 Å². The molecule has 7 heteroatoms. The molecule has 0 aliphatic rings. The summed E-state index contributed by atoms with van der Waals surface area (Å²) >= 11 is 1.17. The lowest BCUT2D eigenvalue weighted by molar-refractivity contribution is -0.114. The van der Waals surface area contributed by atoms with Gasteiger partial charge in [-0.2, -0.15) is 4.91 Å². The van der Waals surface area contributed by atoms with Crippen LogP contribution in [0.5, 0.6) is 0 Å². The van der Waals surface area contributed by atoms with Crippen molar-refractivity contribution >= 4 is 28.2 Å². The van der Waals surface area contributed by atoms with Gasteiger partial charge >= 0.3 is 5.97 Å². The molecule has 1 amide bonds. The smallest absolute Gasteiger partial charge is 0.341 e. The Morgan fingerprint density at radius 1 is 1.29 bits per heavy atom. The van der Waals surface area contributed by atoms with Crippen LogP contribution < -0.4 is 5.32 Å². The Kier molecular flexibility index (Phi) is 5.81. The first kappa shape index (κ1) is 17.8. The maximum atomic E-state index is 12.5. The molecule has 126 valence electrons. The molecular formula is C17H18N2O4S. The molecule has 1 aromatic heterocycles. The summed E-state index contributed by atoms with van der Waals surface area (Å²) in [5.41, 5.74) is 1.60. The second-order valence-corrected chi connectivity index (χ2v) is 6.15. The molecular weight excluding hydrogens is 328 g/mol. The van der Waals surface area contributed by atoms with Crippen LogP contribution in [0.3, 0.4) is 0 Å². The number of anilines is 1. The third kappa shape index (κ3) is 3.68. The zero-order chi connectivity index (χ0) is 17.7. The van der Waals surface area contributed by atoms with Crippen LogP contribution in [0.25, 0.3) is 11.1 Å². The minimum atomic E-state index is -0.652.